The highest BCUT2D eigenvalue weighted by molar-refractivity contribution is 5.31. The fourth-order valence-electron chi connectivity index (χ4n) is 1.96. The molecule has 1 aromatic heterocycles. The lowest BCUT2D eigenvalue weighted by molar-refractivity contribution is 0.182. The van der Waals surface area contributed by atoms with Gasteiger partial charge in [0, 0.05) is 6.54 Å². The molecule has 2 aromatic rings. The van der Waals surface area contributed by atoms with Gasteiger partial charge >= 0.3 is 0 Å². The highest BCUT2D eigenvalue weighted by Gasteiger charge is 2.15. The number of hydrogen-bond acceptors (Lipinski definition) is 3. The largest absolute Gasteiger partial charge is 0.481 e. The Balaban J connectivity index is 2.16. The lowest BCUT2D eigenvalue weighted by Gasteiger charge is -2.16. The SMILES string of the molecule is Cc1ccc(C(CN)Oc2cccc(C(C)C)c2)o1. The van der Waals surface area contributed by atoms with Gasteiger partial charge in [-0.15, -0.1) is 0 Å². The van der Waals surface area contributed by atoms with Crippen LogP contribution in [0, 0.1) is 6.92 Å². The summed E-state index contributed by atoms with van der Waals surface area (Å²) in [6.45, 7) is 6.63. The fraction of sp³-hybridized carbons (Fsp3) is 0.375. The van der Waals surface area contributed by atoms with E-state index in [-0.39, 0.29) is 6.10 Å². The first-order valence-corrected chi connectivity index (χ1v) is 6.63. The second kappa shape index (κ2) is 5.93. The van der Waals surface area contributed by atoms with Crippen LogP contribution in [0.5, 0.6) is 5.75 Å². The van der Waals surface area contributed by atoms with Crippen LogP contribution < -0.4 is 10.5 Å². The highest BCUT2D eigenvalue weighted by atomic mass is 16.5. The molecule has 0 aliphatic heterocycles. The second-order valence-corrected chi connectivity index (χ2v) is 5.02. The highest BCUT2D eigenvalue weighted by Crippen LogP contribution is 2.25. The minimum Gasteiger partial charge on any atom is -0.481 e. The third-order valence-corrected chi connectivity index (χ3v) is 3.10. The van der Waals surface area contributed by atoms with Gasteiger partial charge in [-0.25, -0.2) is 0 Å². The summed E-state index contributed by atoms with van der Waals surface area (Å²) >= 11 is 0. The van der Waals surface area contributed by atoms with E-state index >= 15 is 0 Å². The van der Waals surface area contributed by atoms with Crippen molar-refractivity contribution in [3.8, 4) is 5.75 Å². The number of benzene rings is 1. The molecule has 1 unspecified atom stereocenters. The molecule has 2 rings (SSSR count). The fourth-order valence-corrected chi connectivity index (χ4v) is 1.96. The molecule has 3 heteroatoms. The van der Waals surface area contributed by atoms with Crippen molar-refractivity contribution < 1.29 is 9.15 Å². The Kier molecular flexibility index (Phi) is 4.27. The van der Waals surface area contributed by atoms with E-state index in [2.05, 4.69) is 26.0 Å². The van der Waals surface area contributed by atoms with Crippen molar-refractivity contribution in [3.63, 3.8) is 0 Å². The molecule has 0 radical (unpaired) electrons. The lowest BCUT2D eigenvalue weighted by Crippen LogP contribution is -2.18. The van der Waals surface area contributed by atoms with Crippen LogP contribution in [0.2, 0.25) is 0 Å². The Morgan fingerprint density at radius 3 is 2.58 bits per heavy atom. The zero-order valence-electron chi connectivity index (χ0n) is 11.7. The van der Waals surface area contributed by atoms with Crippen molar-refractivity contribution in [1.82, 2.24) is 0 Å². The lowest BCUT2D eigenvalue weighted by atomic mass is 10.0. The molecular weight excluding hydrogens is 238 g/mol. The van der Waals surface area contributed by atoms with E-state index in [0.29, 0.717) is 12.5 Å². The summed E-state index contributed by atoms with van der Waals surface area (Å²) in [5.74, 6) is 2.95. The number of aryl methyl sites for hydroxylation is 1. The molecular formula is C16H21NO2. The maximum Gasteiger partial charge on any atom is 0.168 e. The normalized spacial score (nSPS) is 12.7. The number of hydrogen-bond donors (Lipinski definition) is 1. The molecule has 102 valence electrons. The first kappa shape index (κ1) is 13.7. The van der Waals surface area contributed by atoms with Crippen LogP contribution in [0.1, 0.15) is 43.0 Å². The summed E-state index contributed by atoms with van der Waals surface area (Å²) in [7, 11) is 0. The van der Waals surface area contributed by atoms with E-state index < -0.39 is 0 Å². The van der Waals surface area contributed by atoms with Gasteiger partial charge in [-0.2, -0.15) is 0 Å². The van der Waals surface area contributed by atoms with Crippen LogP contribution in [0.25, 0.3) is 0 Å². The van der Waals surface area contributed by atoms with E-state index in [1.165, 1.54) is 5.56 Å². The number of nitrogens with two attached hydrogens (primary N) is 1. The maximum atomic E-state index is 5.94. The summed E-state index contributed by atoms with van der Waals surface area (Å²) in [5, 5.41) is 0. The number of ether oxygens (including phenoxy) is 1. The zero-order valence-corrected chi connectivity index (χ0v) is 11.7. The quantitative estimate of drug-likeness (QED) is 0.888. The van der Waals surface area contributed by atoms with Crippen molar-refractivity contribution >= 4 is 0 Å². The summed E-state index contributed by atoms with van der Waals surface area (Å²) in [6.07, 6.45) is -0.240. The van der Waals surface area contributed by atoms with Gasteiger partial charge in [-0.1, -0.05) is 26.0 Å². The Morgan fingerprint density at radius 2 is 2.00 bits per heavy atom. The number of furan rings is 1. The van der Waals surface area contributed by atoms with Crippen molar-refractivity contribution in [1.29, 1.82) is 0 Å². The second-order valence-electron chi connectivity index (χ2n) is 5.02. The van der Waals surface area contributed by atoms with E-state index in [1.807, 2.05) is 31.2 Å². The molecule has 1 heterocycles. The van der Waals surface area contributed by atoms with Gasteiger partial charge in [0.1, 0.15) is 17.3 Å². The Morgan fingerprint density at radius 1 is 1.21 bits per heavy atom. The van der Waals surface area contributed by atoms with Crippen LogP contribution in [0.4, 0.5) is 0 Å². The molecule has 0 fully saturated rings. The van der Waals surface area contributed by atoms with Gasteiger partial charge in [0.25, 0.3) is 0 Å². The molecule has 3 nitrogen and oxygen atoms in total. The summed E-state index contributed by atoms with van der Waals surface area (Å²) < 4.78 is 11.5. The van der Waals surface area contributed by atoms with Crippen LogP contribution in [-0.2, 0) is 0 Å². The Hall–Kier alpha value is -1.74. The van der Waals surface area contributed by atoms with Gasteiger partial charge < -0.3 is 14.9 Å². The predicted molar refractivity (Wildman–Crippen MR) is 76.4 cm³/mol. The van der Waals surface area contributed by atoms with E-state index in [9.17, 15) is 0 Å². The third-order valence-electron chi connectivity index (χ3n) is 3.10. The molecule has 0 aliphatic carbocycles. The van der Waals surface area contributed by atoms with E-state index in [4.69, 9.17) is 14.9 Å². The van der Waals surface area contributed by atoms with Crippen LogP contribution >= 0.6 is 0 Å². The van der Waals surface area contributed by atoms with Gasteiger partial charge in [-0.05, 0) is 42.7 Å². The number of rotatable bonds is 5. The summed E-state index contributed by atoms with van der Waals surface area (Å²) in [6, 6.07) is 12.0. The Bertz CT molecular complexity index is 531. The van der Waals surface area contributed by atoms with Crippen molar-refractivity contribution in [3.05, 3.63) is 53.5 Å². The summed E-state index contributed by atoms with van der Waals surface area (Å²) in [4.78, 5) is 0. The maximum absolute atomic E-state index is 5.94. The Labute approximate surface area is 114 Å². The van der Waals surface area contributed by atoms with Gasteiger partial charge in [-0.3, -0.25) is 0 Å². The first-order chi connectivity index (χ1) is 9.10. The topological polar surface area (TPSA) is 48.4 Å². The zero-order chi connectivity index (χ0) is 13.8. The molecule has 0 spiro atoms. The van der Waals surface area contributed by atoms with Crippen LogP contribution in [-0.4, -0.2) is 6.54 Å². The smallest absolute Gasteiger partial charge is 0.168 e. The van der Waals surface area contributed by atoms with Gasteiger partial charge in [0.15, 0.2) is 6.10 Å². The molecule has 19 heavy (non-hydrogen) atoms. The predicted octanol–water partition coefficient (Wildman–Crippen LogP) is 3.79. The van der Waals surface area contributed by atoms with Crippen molar-refractivity contribution in [2.24, 2.45) is 5.73 Å². The molecule has 0 bridgehead atoms. The molecule has 0 saturated carbocycles. The molecule has 1 aromatic carbocycles. The molecule has 0 aliphatic rings. The average molecular weight is 259 g/mol. The monoisotopic (exact) mass is 259 g/mol. The standard InChI is InChI=1S/C16H21NO2/c1-11(2)13-5-4-6-14(9-13)19-16(10-17)15-8-7-12(3)18-15/h4-9,11,16H,10,17H2,1-3H3. The van der Waals surface area contributed by atoms with Gasteiger partial charge in [0.05, 0.1) is 0 Å². The molecule has 0 amide bonds. The van der Waals surface area contributed by atoms with Crippen LogP contribution in [0.3, 0.4) is 0 Å². The minimum atomic E-state index is -0.240. The first-order valence-electron chi connectivity index (χ1n) is 6.63. The average Bonchev–Trinajstić information content (AvgIpc) is 2.83. The third kappa shape index (κ3) is 3.38. The van der Waals surface area contributed by atoms with Crippen LogP contribution in [0.15, 0.2) is 40.8 Å². The van der Waals surface area contributed by atoms with Crippen molar-refractivity contribution in [2.45, 2.75) is 32.8 Å². The minimum absolute atomic E-state index is 0.240. The summed E-state index contributed by atoms with van der Waals surface area (Å²) in [5.41, 5.74) is 7.03. The van der Waals surface area contributed by atoms with Crippen molar-refractivity contribution in [2.75, 3.05) is 6.54 Å². The van der Waals surface area contributed by atoms with E-state index in [1.54, 1.807) is 0 Å². The molecule has 2 N–H and O–H groups in total. The molecule has 1 atom stereocenters. The molecule has 0 saturated heterocycles. The van der Waals surface area contributed by atoms with Gasteiger partial charge in [0.2, 0.25) is 0 Å². The van der Waals surface area contributed by atoms with E-state index in [0.717, 1.165) is 17.3 Å².